The molecule has 0 bridgehead atoms. The summed E-state index contributed by atoms with van der Waals surface area (Å²) >= 11 is 9.53. The molecule has 0 aliphatic heterocycles. The molecule has 1 aromatic carbocycles. The second-order valence-corrected chi connectivity index (χ2v) is 4.12. The van der Waals surface area contributed by atoms with E-state index in [0.717, 1.165) is 7.11 Å². The van der Waals surface area contributed by atoms with Crippen LogP contribution in [0.5, 0.6) is 0 Å². The SMILES string of the molecule is CO.ClCCl.O=S(=O)(O)c1ccccc1. The Morgan fingerprint density at radius 2 is 1.47 bits per heavy atom. The number of halogens is 2. The highest BCUT2D eigenvalue weighted by molar-refractivity contribution is 7.85. The molecule has 0 radical (unpaired) electrons. The van der Waals surface area contributed by atoms with Gasteiger partial charge in [0.25, 0.3) is 10.1 Å². The quantitative estimate of drug-likeness (QED) is 0.607. The van der Waals surface area contributed by atoms with Gasteiger partial charge in [-0.3, -0.25) is 4.55 Å². The predicted molar refractivity (Wildman–Crippen MR) is 61.0 cm³/mol. The van der Waals surface area contributed by atoms with Gasteiger partial charge >= 0.3 is 0 Å². The van der Waals surface area contributed by atoms with Gasteiger partial charge in [0.1, 0.15) is 0 Å². The molecule has 1 rings (SSSR count). The molecule has 0 spiro atoms. The summed E-state index contributed by atoms with van der Waals surface area (Å²) in [6.07, 6.45) is 0. The van der Waals surface area contributed by atoms with E-state index >= 15 is 0 Å². The van der Waals surface area contributed by atoms with E-state index in [9.17, 15) is 8.42 Å². The number of aliphatic hydroxyl groups is 1. The molecule has 1 aromatic rings. The van der Waals surface area contributed by atoms with E-state index in [4.69, 9.17) is 32.9 Å². The third kappa shape index (κ3) is 9.96. The third-order valence-electron chi connectivity index (χ3n) is 1.04. The standard InChI is InChI=1S/C6H6O3S.CH2Cl2.CH4O/c7-10(8,9)6-4-2-1-3-5-6;2-1-3;1-2/h1-5H,(H,7,8,9);1H2;2H,1H3. The Morgan fingerprint density at radius 1 is 1.13 bits per heavy atom. The fourth-order valence-electron chi connectivity index (χ4n) is 0.592. The molecule has 0 amide bonds. The predicted octanol–water partition coefficient (Wildman–Crippen LogP) is 1.96. The van der Waals surface area contributed by atoms with Gasteiger partial charge in [0, 0.05) is 7.11 Å². The Bertz CT molecular complexity index is 326. The van der Waals surface area contributed by atoms with Crippen molar-refractivity contribution < 1.29 is 18.1 Å². The molecule has 0 saturated heterocycles. The van der Waals surface area contributed by atoms with E-state index < -0.39 is 10.1 Å². The van der Waals surface area contributed by atoms with E-state index in [1.165, 1.54) is 12.1 Å². The first kappa shape index (κ1) is 17.1. The van der Waals surface area contributed by atoms with Gasteiger partial charge in [-0.2, -0.15) is 8.42 Å². The van der Waals surface area contributed by atoms with Crippen molar-refractivity contribution in [2.75, 3.05) is 12.4 Å². The van der Waals surface area contributed by atoms with E-state index in [0.29, 0.717) is 0 Å². The monoisotopic (exact) mass is 274 g/mol. The summed E-state index contributed by atoms with van der Waals surface area (Å²) < 4.78 is 29.2. The van der Waals surface area contributed by atoms with Crippen LogP contribution in [0.25, 0.3) is 0 Å². The summed E-state index contributed by atoms with van der Waals surface area (Å²) in [7, 11) is -3.00. The van der Waals surface area contributed by atoms with E-state index in [2.05, 4.69) is 0 Å². The zero-order chi connectivity index (χ0) is 12.3. The molecule has 7 heteroatoms. The maximum absolute atomic E-state index is 10.4. The van der Waals surface area contributed by atoms with Gasteiger partial charge in [-0.1, -0.05) is 18.2 Å². The Hall–Kier alpha value is -0.330. The average molecular weight is 275 g/mol. The molecule has 2 N–H and O–H groups in total. The summed E-state index contributed by atoms with van der Waals surface area (Å²) in [5.41, 5.74) is 0. The zero-order valence-electron chi connectivity index (χ0n) is 7.97. The molecule has 0 aliphatic rings. The van der Waals surface area contributed by atoms with E-state index in [1.54, 1.807) is 18.2 Å². The average Bonchev–Trinajstić information content (AvgIpc) is 2.22. The lowest BCUT2D eigenvalue weighted by Crippen LogP contribution is -1.96. The van der Waals surface area contributed by atoms with Crippen LogP contribution in [0.2, 0.25) is 0 Å². The van der Waals surface area contributed by atoms with Crippen molar-refractivity contribution in [3.8, 4) is 0 Å². The van der Waals surface area contributed by atoms with Crippen LogP contribution in [-0.4, -0.2) is 30.5 Å². The summed E-state index contributed by atoms with van der Waals surface area (Å²) in [5.74, 6) is 0. The van der Waals surface area contributed by atoms with Crippen LogP contribution in [0.15, 0.2) is 35.2 Å². The van der Waals surface area contributed by atoms with Crippen LogP contribution in [0.3, 0.4) is 0 Å². The second-order valence-electron chi connectivity index (χ2n) is 1.89. The van der Waals surface area contributed by atoms with Crippen molar-refractivity contribution in [2.24, 2.45) is 0 Å². The summed E-state index contributed by atoms with van der Waals surface area (Å²) in [4.78, 5) is -0.0741. The topological polar surface area (TPSA) is 74.6 Å². The minimum atomic E-state index is -4.00. The molecule has 88 valence electrons. The number of aliphatic hydroxyl groups excluding tert-OH is 1. The van der Waals surface area contributed by atoms with Crippen molar-refractivity contribution in [3.05, 3.63) is 30.3 Å². The molecule has 0 heterocycles. The Kier molecular flexibility index (Phi) is 11.6. The van der Waals surface area contributed by atoms with Crippen molar-refractivity contribution >= 4 is 33.3 Å². The Labute approximate surface area is 99.2 Å². The number of hydrogen-bond acceptors (Lipinski definition) is 3. The van der Waals surface area contributed by atoms with Gasteiger partial charge in [0.15, 0.2) is 0 Å². The van der Waals surface area contributed by atoms with Crippen LogP contribution in [0, 0.1) is 0 Å². The molecule has 0 atom stereocenters. The van der Waals surface area contributed by atoms with Crippen LogP contribution in [0.4, 0.5) is 0 Å². The minimum absolute atomic E-state index is 0.0741. The molecule has 0 unspecified atom stereocenters. The highest BCUT2D eigenvalue weighted by Gasteiger charge is 2.05. The Morgan fingerprint density at radius 3 is 1.67 bits per heavy atom. The van der Waals surface area contributed by atoms with Crippen molar-refractivity contribution in [2.45, 2.75) is 4.90 Å². The summed E-state index contributed by atoms with van der Waals surface area (Å²) in [6, 6.07) is 7.42. The summed E-state index contributed by atoms with van der Waals surface area (Å²) in [6.45, 7) is 0. The smallest absolute Gasteiger partial charge is 0.294 e. The first-order valence-corrected chi connectivity index (χ1v) is 6.12. The van der Waals surface area contributed by atoms with Gasteiger partial charge < -0.3 is 5.11 Å². The number of hydrogen-bond donors (Lipinski definition) is 2. The fourth-order valence-corrected chi connectivity index (χ4v) is 1.09. The number of benzene rings is 1. The van der Waals surface area contributed by atoms with Crippen LogP contribution in [-0.2, 0) is 10.1 Å². The van der Waals surface area contributed by atoms with Crippen LogP contribution < -0.4 is 0 Å². The van der Waals surface area contributed by atoms with Gasteiger partial charge in [-0.05, 0) is 12.1 Å². The largest absolute Gasteiger partial charge is 0.400 e. The van der Waals surface area contributed by atoms with Crippen LogP contribution >= 0.6 is 23.2 Å². The maximum Gasteiger partial charge on any atom is 0.294 e. The maximum atomic E-state index is 10.4. The lowest BCUT2D eigenvalue weighted by Gasteiger charge is -1.92. The molecule has 0 fully saturated rings. The van der Waals surface area contributed by atoms with Crippen molar-refractivity contribution in [3.63, 3.8) is 0 Å². The van der Waals surface area contributed by atoms with E-state index in [-0.39, 0.29) is 10.2 Å². The molecule has 0 aromatic heterocycles. The highest BCUT2D eigenvalue weighted by Crippen LogP contribution is 2.05. The molecule has 15 heavy (non-hydrogen) atoms. The molecule has 0 saturated carbocycles. The fraction of sp³-hybridized carbons (Fsp3) is 0.250. The van der Waals surface area contributed by atoms with Gasteiger partial charge in [-0.15, -0.1) is 23.2 Å². The summed E-state index contributed by atoms with van der Waals surface area (Å²) in [5, 5.41) is 7.19. The zero-order valence-corrected chi connectivity index (χ0v) is 10.3. The van der Waals surface area contributed by atoms with Gasteiger partial charge in [0.05, 0.1) is 10.2 Å². The Balaban J connectivity index is 0. The third-order valence-corrected chi connectivity index (χ3v) is 1.91. The normalized spacial score (nSPS) is 9.13. The molecular formula is C8H12Cl2O4S. The minimum Gasteiger partial charge on any atom is -0.400 e. The first-order chi connectivity index (χ1) is 7.02. The van der Waals surface area contributed by atoms with Crippen LogP contribution in [0.1, 0.15) is 0 Å². The number of alkyl halides is 2. The van der Waals surface area contributed by atoms with E-state index in [1.807, 2.05) is 0 Å². The molecule has 0 aliphatic carbocycles. The highest BCUT2D eigenvalue weighted by atomic mass is 35.5. The molecular weight excluding hydrogens is 263 g/mol. The lowest BCUT2D eigenvalue weighted by molar-refractivity contribution is 0.399. The van der Waals surface area contributed by atoms with Gasteiger partial charge in [-0.25, -0.2) is 0 Å². The first-order valence-electron chi connectivity index (χ1n) is 3.61. The van der Waals surface area contributed by atoms with Gasteiger partial charge in [0.2, 0.25) is 0 Å². The van der Waals surface area contributed by atoms with Crippen molar-refractivity contribution in [1.29, 1.82) is 0 Å². The molecule has 4 nitrogen and oxygen atoms in total. The number of rotatable bonds is 1. The lowest BCUT2D eigenvalue weighted by atomic mass is 10.4. The second kappa shape index (κ2) is 10.2. The van der Waals surface area contributed by atoms with Crippen molar-refractivity contribution in [1.82, 2.24) is 0 Å².